The Morgan fingerprint density at radius 1 is 1.17 bits per heavy atom. The number of benzene rings is 1. The zero-order chi connectivity index (χ0) is 16.7. The van der Waals surface area contributed by atoms with Gasteiger partial charge in [0.25, 0.3) is 0 Å². The summed E-state index contributed by atoms with van der Waals surface area (Å²) >= 11 is 1.27. The van der Waals surface area contributed by atoms with E-state index < -0.39 is 0 Å². The molecule has 0 saturated carbocycles. The number of hydrogen-bond acceptors (Lipinski definition) is 4. The molecule has 5 nitrogen and oxygen atoms in total. The molecule has 1 aliphatic heterocycles. The summed E-state index contributed by atoms with van der Waals surface area (Å²) in [6, 6.07) is 5.83. The number of carbonyl (C=O) groups is 2. The molecule has 0 aromatic heterocycles. The molecule has 0 radical (unpaired) electrons. The quantitative estimate of drug-likeness (QED) is 0.828. The number of amides is 2. The number of carbonyl (C=O) groups excluding carboxylic acids is 2. The fourth-order valence-electron chi connectivity index (χ4n) is 2.39. The maximum Gasteiger partial charge on any atom is 0.234 e. The molecule has 1 aromatic rings. The van der Waals surface area contributed by atoms with Gasteiger partial charge in [-0.3, -0.25) is 9.59 Å². The van der Waals surface area contributed by atoms with E-state index in [9.17, 15) is 14.0 Å². The second-order valence-electron chi connectivity index (χ2n) is 5.69. The van der Waals surface area contributed by atoms with Crippen LogP contribution in [0.2, 0.25) is 0 Å². The smallest absolute Gasteiger partial charge is 0.234 e. The summed E-state index contributed by atoms with van der Waals surface area (Å²) in [6.45, 7) is 2.00. The third-order valence-electron chi connectivity index (χ3n) is 3.68. The number of piperidine rings is 1. The molecule has 0 unspecified atom stereocenters. The first kappa shape index (κ1) is 17.7. The van der Waals surface area contributed by atoms with Gasteiger partial charge in [-0.15, -0.1) is 11.8 Å². The normalized spacial score (nSPS) is 16.1. The molecule has 7 heteroatoms. The van der Waals surface area contributed by atoms with Gasteiger partial charge in [0, 0.05) is 11.7 Å². The van der Waals surface area contributed by atoms with Gasteiger partial charge in [0.05, 0.1) is 11.5 Å². The Kier molecular flexibility index (Phi) is 6.85. The van der Waals surface area contributed by atoms with Gasteiger partial charge in [0.15, 0.2) is 0 Å². The van der Waals surface area contributed by atoms with Crippen LogP contribution in [0.3, 0.4) is 0 Å². The van der Waals surface area contributed by atoms with Gasteiger partial charge < -0.3 is 15.5 Å². The third kappa shape index (κ3) is 6.58. The van der Waals surface area contributed by atoms with Crippen molar-refractivity contribution in [3.8, 4) is 0 Å². The van der Waals surface area contributed by atoms with Crippen LogP contribution in [0.5, 0.6) is 0 Å². The van der Waals surface area contributed by atoms with E-state index in [4.69, 9.17) is 0 Å². The van der Waals surface area contributed by atoms with Crippen LogP contribution in [-0.4, -0.2) is 54.4 Å². The van der Waals surface area contributed by atoms with Gasteiger partial charge in [0.2, 0.25) is 11.8 Å². The summed E-state index contributed by atoms with van der Waals surface area (Å²) in [5.41, 5.74) is 0.549. The Labute approximate surface area is 140 Å². The summed E-state index contributed by atoms with van der Waals surface area (Å²) < 4.78 is 12.8. The number of likely N-dealkylation sites (tertiary alicyclic amines) is 1. The van der Waals surface area contributed by atoms with Crippen molar-refractivity contribution in [2.75, 3.05) is 37.0 Å². The second kappa shape index (κ2) is 8.88. The van der Waals surface area contributed by atoms with Crippen molar-refractivity contribution >= 4 is 29.3 Å². The highest BCUT2D eigenvalue weighted by atomic mass is 32.2. The van der Waals surface area contributed by atoms with Crippen LogP contribution in [0, 0.1) is 5.82 Å². The van der Waals surface area contributed by atoms with Gasteiger partial charge in [-0.2, -0.15) is 0 Å². The van der Waals surface area contributed by atoms with Crippen LogP contribution in [0.25, 0.3) is 0 Å². The lowest BCUT2D eigenvalue weighted by Crippen LogP contribution is -2.44. The van der Waals surface area contributed by atoms with E-state index in [0.717, 1.165) is 25.9 Å². The minimum atomic E-state index is -0.344. The minimum absolute atomic E-state index is 0.0286. The van der Waals surface area contributed by atoms with Crippen LogP contribution in [0.15, 0.2) is 24.3 Å². The number of nitrogens with one attached hydrogen (secondary N) is 2. The fourth-order valence-corrected chi connectivity index (χ4v) is 3.02. The number of hydrogen-bond donors (Lipinski definition) is 2. The predicted octanol–water partition coefficient (Wildman–Crippen LogP) is 1.71. The molecule has 0 aliphatic carbocycles. The number of thioether (sulfide) groups is 1. The monoisotopic (exact) mass is 339 g/mol. The number of anilines is 1. The Morgan fingerprint density at radius 2 is 1.78 bits per heavy atom. The van der Waals surface area contributed by atoms with E-state index in [0.29, 0.717) is 5.69 Å². The Balaban J connectivity index is 1.61. The fraction of sp³-hybridized carbons (Fsp3) is 0.500. The average molecular weight is 339 g/mol. The first-order valence-corrected chi connectivity index (χ1v) is 8.79. The molecule has 1 aromatic carbocycles. The lowest BCUT2D eigenvalue weighted by Gasteiger charge is -2.29. The molecule has 2 N–H and O–H groups in total. The van der Waals surface area contributed by atoms with Crippen LogP contribution in [-0.2, 0) is 9.59 Å². The van der Waals surface area contributed by atoms with Crippen molar-refractivity contribution in [3.63, 3.8) is 0 Å². The Bertz CT molecular complexity index is 531. The van der Waals surface area contributed by atoms with Crippen molar-refractivity contribution in [1.82, 2.24) is 10.2 Å². The molecule has 1 aliphatic rings. The second-order valence-corrected chi connectivity index (χ2v) is 6.68. The lowest BCUT2D eigenvalue weighted by molar-refractivity contribution is -0.119. The van der Waals surface area contributed by atoms with Crippen molar-refractivity contribution < 1.29 is 14.0 Å². The van der Waals surface area contributed by atoms with Crippen molar-refractivity contribution in [2.45, 2.75) is 18.9 Å². The van der Waals surface area contributed by atoms with Gasteiger partial charge in [-0.1, -0.05) is 0 Å². The van der Waals surface area contributed by atoms with E-state index in [1.165, 1.54) is 36.0 Å². The molecule has 0 spiro atoms. The summed E-state index contributed by atoms with van der Waals surface area (Å²) in [6.07, 6.45) is 1.94. The van der Waals surface area contributed by atoms with Crippen molar-refractivity contribution in [3.05, 3.63) is 30.1 Å². The molecule has 1 fully saturated rings. The molecule has 1 saturated heterocycles. The van der Waals surface area contributed by atoms with Crippen molar-refractivity contribution in [2.24, 2.45) is 0 Å². The molecular formula is C16H22FN3O2S. The SMILES string of the molecule is CN1CCC(NC(=O)CSCC(=O)Nc2ccc(F)cc2)CC1. The van der Waals surface area contributed by atoms with E-state index in [1.54, 1.807) is 0 Å². The third-order valence-corrected chi connectivity index (χ3v) is 4.61. The summed E-state index contributed by atoms with van der Waals surface area (Å²) in [7, 11) is 2.08. The topological polar surface area (TPSA) is 61.4 Å². The minimum Gasteiger partial charge on any atom is -0.353 e. The van der Waals surface area contributed by atoms with E-state index in [2.05, 4.69) is 22.6 Å². The highest BCUT2D eigenvalue weighted by molar-refractivity contribution is 8.00. The maximum atomic E-state index is 12.8. The zero-order valence-electron chi connectivity index (χ0n) is 13.2. The first-order valence-electron chi connectivity index (χ1n) is 7.64. The number of halogens is 1. The summed E-state index contributed by atoms with van der Waals surface area (Å²) in [4.78, 5) is 25.8. The average Bonchev–Trinajstić information content (AvgIpc) is 2.52. The summed E-state index contributed by atoms with van der Waals surface area (Å²) in [5.74, 6) is -0.114. The van der Waals surface area contributed by atoms with Crippen LogP contribution in [0.1, 0.15) is 12.8 Å². The van der Waals surface area contributed by atoms with Gasteiger partial charge in [0.1, 0.15) is 5.82 Å². The number of rotatable bonds is 6. The maximum absolute atomic E-state index is 12.8. The molecular weight excluding hydrogens is 317 g/mol. The molecule has 0 atom stereocenters. The molecule has 0 bridgehead atoms. The molecule has 2 rings (SSSR count). The van der Waals surface area contributed by atoms with Gasteiger partial charge in [-0.05, 0) is 57.2 Å². The Morgan fingerprint density at radius 3 is 2.43 bits per heavy atom. The van der Waals surface area contributed by atoms with Gasteiger partial charge in [-0.25, -0.2) is 4.39 Å². The van der Waals surface area contributed by atoms with Gasteiger partial charge >= 0.3 is 0 Å². The first-order chi connectivity index (χ1) is 11.0. The van der Waals surface area contributed by atoms with E-state index in [1.807, 2.05) is 0 Å². The highest BCUT2D eigenvalue weighted by Crippen LogP contribution is 2.11. The molecule has 1 heterocycles. The largest absolute Gasteiger partial charge is 0.353 e. The highest BCUT2D eigenvalue weighted by Gasteiger charge is 2.18. The van der Waals surface area contributed by atoms with Crippen LogP contribution in [0.4, 0.5) is 10.1 Å². The standard InChI is InChI=1S/C16H22FN3O2S/c1-20-8-6-14(7-9-20)19-16(22)11-23-10-15(21)18-13-4-2-12(17)3-5-13/h2-5,14H,6-11H2,1H3,(H,18,21)(H,19,22). The van der Waals surface area contributed by atoms with E-state index >= 15 is 0 Å². The van der Waals surface area contributed by atoms with Crippen LogP contribution >= 0.6 is 11.8 Å². The van der Waals surface area contributed by atoms with Crippen LogP contribution < -0.4 is 10.6 Å². The van der Waals surface area contributed by atoms with E-state index in [-0.39, 0.29) is 35.2 Å². The predicted molar refractivity (Wildman–Crippen MR) is 91.0 cm³/mol. The zero-order valence-corrected chi connectivity index (χ0v) is 14.0. The Hall–Kier alpha value is -1.60. The number of nitrogens with zero attached hydrogens (tertiary/aromatic N) is 1. The molecule has 126 valence electrons. The molecule has 2 amide bonds. The van der Waals surface area contributed by atoms with Crippen molar-refractivity contribution in [1.29, 1.82) is 0 Å². The molecule has 23 heavy (non-hydrogen) atoms. The summed E-state index contributed by atoms with van der Waals surface area (Å²) in [5, 5.41) is 5.67. The lowest BCUT2D eigenvalue weighted by atomic mass is 10.1.